The van der Waals surface area contributed by atoms with Gasteiger partial charge in [-0.25, -0.2) is 0 Å². The standard InChI is InChI=1S/C14H22BN2O4S/c15-14(16)13-11(17-22(19)20)7-6-8-12(13)21-10-5-3-1-2-4-9-18/h6-8,17-18H,1-5,9-10,16H2,(H,19,20). The van der Waals surface area contributed by atoms with E-state index in [1.807, 2.05) is 0 Å². The molecule has 0 saturated heterocycles. The van der Waals surface area contributed by atoms with Gasteiger partial charge in [0.05, 0.1) is 0 Å². The van der Waals surface area contributed by atoms with Crippen LogP contribution in [0.1, 0.15) is 37.7 Å². The average molecular weight is 325 g/mol. The fraction of sp³-hybridized carbons (Fsp3) is 0.500. The molecule has 8 heteroatoms. The number of hydrogen-bond acceptors (Lipinski definition) is 4. The average Bonchev–Trinajstić information content (AvgIpc) is 2.45. The molecule has 1 unspecified atom stereocenters. The van der Waals surface area contributed by atoms with Crippen molar-refractivity contribution in [1.29, 1.82) is 0 Å². The van der Waals surface area contributed by atoms with Crippen molar-refractivity contribution >= 4 is 30.0 Å². The number of ether oxygens (including phenoxy) is 1. The van der Waals surface area contributed by atoms with Crippen molar-refractivity contribution < 1.29 is 18.6 Å². The molecule has 6 nitrogen and oxygen atoms in total. The van der Waals surface area contributed by atoms with Crippen molar-refractivity contribution in [3.63, 3.8) is 0 Å². The van der Waals surface area contributed by atoms with Crippen molar-refractivity contribution in [3.05, 3.63) is 23.8 Å². The van der Waals surface area contributed by atoms with Crippen LogP contribution in [-0.2, 0) is 11.3 Å². The zero-order valence-electron chi connectivity index (χ0n) is 12.5. The van der Waals surface area contributed by atoms with Crippen LogP contribution in [0.5, 0.6) is 5.75 Å². The Morgan fingerprint density at radius 3 is 2.59 bits per heavy atom. The molecule has 22 heavy (non-hydrogen) atoms. The molecule has 0 aliphatic heterocycles. The Balaban J connectivity index is 2.58. The van der Waals surface area contributed by atoms with Gasteiger partial charge < -0.3 is 0 Å². The van der Waals surface area contributed by atoms with Crippen LogP contribution in [0.15, 0.2) is 18.2 Å². The first-order chi connectivity index (χ1) is 10.6. The zero-order chi connectivity index (χ0) is 16.4. The Kier molecular flexibility index (Phi) is 8.80. The van der Waals surface area contributed by atoms with Crippen LogP contribution in [0.25, 0.3) is 0 Å². The molecule has 0 saturated carbocycles. The topological polar surface area (TPSA) is 105 Å². The van der Waals surface area contributed by atoms with Gasteiger partial charge in [0.2, 0.25) is 0 Å². The summed E-state index contributed by atoms with van der Waals surface area (Å²) in [6, 6.07) is 5.01. The van der Waals surface area contributed by atoms with E-state index in [0.717, 1.165) is 32.1 Å². The quantitative estimate of drug-likeness (QED) is 0.278. The number of nitrogens with one attached hydrogen (secondary N) is 1. The fourth-order valence-electron chi connectivity index (χ4n) is 2.05. The second-order valence-corrected chi connectivity index (χ2v) is 5.53. The molecular formula is C14H22BN2O4S. The summed E-state index contributed by atoms with van der Waals surface area (Å²) in [5.74, 6) is 0.478. The summed E-state index contributed by atoms with van der Waals surface area (Å²) >= 11 is -2.21. The molecule has 1 atom stereocenters. The minimum absolute atomic E-state index is 0.0199. The predicted octanol–water partition coefficient (Wildman–Crippen LogP) is 1.16. The van der Waals surface area contributed by atoms with Gasteiger partial charge in [-0.3, -0.25) is 0 Å². The van der Waals surface area contributed by atoms with E-state index in [1.165, 1.54) is 0 Å². The van der Waals surface area contributed by atoms with E-state index < -0.39 is 11.3 Å². The molecule has 1 aromatic rings. The second-order valence-electron chi connectivity index (χ2n) is 4.83. The third kappa shape index (κ3) is 6.59. The minimum atomic E-state index is -2.21. The molecule has 0 aliphatic carbocycles. The van der Waals surface area contributed by atoms with Gasteiger partial charge in [0.25, 0.3) is 0 Å². The SMILES string of the molecule is [B]=C(N)c1c(NS(=O)O)cccc1OCCCCCCCO. The van der Waals surface area contributed by atoms with Gasteiger partial charge in [-0.1, -0.05) is 0 Å². The van der Waals surface area contributed by atoms with E-state index in [9.17, 15) is 4.21 Å². The number of anilines is 1. The van der Waals surface area contributed by atoms with Crippen LogP contribution >= 0.6 is 0 Å². The van der Waals surface area contributed by atoms with Gasteiger partial charge in [-0.05, 0) is 0 Å². The molecular weight excluding hydrogens is 303 g/mol. The van der Waals surface area contributed by atoms with Gasteiger partial charge in [-0.15, -0.1) is 0 Å². The number of benzene rings is 1. The summed E-state index contributed by atoms with van der Waals surface area (Å²) < 4.78 is 27.9. The molecule has 0 amide bonds. The summed E-state index contributed by atoms with van der Waals surface area (Å²) in [4.78, 5) is 0. The van der Waals surface area contributed by atoms with Crippen molar-refractivity contribution in [2.75, 3.05) is 17.9 Å². The number of nitrogens with two attached hydrogens (primary N) is 1. The van der Waals surface area contributed by atoms with Crippen molar-refractivity contribution in [1.82, 2.24) is 0 Å². The molecule has 0 fully saturated rings. The van der Waals surface area contributed by atoms with E-state index in [0.29, 0.717) is 23.6 Å². The summed E-state index contributed by atoms with van der Waals surface area (Å²) in [6.45, 7) is 0.739. The third-order valence-corrected chi connectivity index (χ3v) is 3.47. The zero-order valence-corrected chi connectivity index (χ0v) is 13.3. The maximum absolute atomic E-state index is 10.9. The molecule has 1 radical (unpaired) electrons. The first kappa shape index (κ1) is 18.7. The Morgan fingerprint density at radius 2 is 1.95 bits per heavy atom. The first-order valence-electron chi connectivity index (χ1n) is 7.18. The van der Waals surface area contributed by atoms with E-state index in [2.05, 4.69) is 4.72 Å². The van der Waals surface area contributed by atoms with Crippen LogP contribution in [0.3, 0.4) is 0 Å². The van der Waals surface area contributed by atoms with E-state index in [1.54, 1.807) is 18.2 Å². The molecule has 121 valence electrons. The first-order valence-corrected chi connectivity index (χ1v) is 8.29. The number of aliphatic hydroxyl groups excluding tert-OH is 1. The number of aliphatic hydroxyl groups is 1. The Hall–Kier alpha value is -1.38. The number of rotatable bonds is 11. The van der Waals surface area contributed by atoms with Crippen LogP contribution in [-0.4, -0.2) is 40.2 Å². The Bertz CT molecular complexity index is 514. The normalized spacial score (nSPS) is 11.9. The van der Waals surface area contributed by atoms with Crippen LogP contribution in [0.2, 0.25) is 0 Å². The van der Waals surface area contributed by atoms with Gasteiger partial charge in [-0.2, -0.15) is 0 Å². The number of hydrogen-bond donors (Lipinski definition) is 4. The van der Waals surface area contributed by atoms with E-state index >= 15 is 0 Å². The monoisotopic (exact) mass is 325 g/mol. The van der Waals surface area contributed by atoms with E-state index in [-0.39, 0.29) is 12.2 Å². The molecule has 1 aromatic carbocycles. The molecule has 0 bridgehead atoms. The van der Waals surface area contributed by atoms with Crippen molar-refractivity contribution in [3.8, 4) is 5.75 Å². The molecule has 0 aromatic heterocycles. The van der Waals surface area contributed by atoms with Gasteiger partial charge in [0.15, 0.2) is 0 Å². The summed E-state index contributed by atoms with van der Waals surface area (Å²) in [5, 5.41) is 8.69. The molecule has 0 heterocycles. The van der Waals surface area contributed by atoms with Gasteiger partial charge in [0, 0.05) is 0 Å². The third-order valence-electron chi connectivity index (χ3n) is 3.07. The summed E-state index contributed by atoms with van der Waals surface area (Å²) in [6.07, 6.45) is 4.77. The van der Waals surface area contributed by atoms with Gasteiger partial charge in [0.1, 0.15) is 0 Å². The maximum atomic E-state index is 10.9. The molecule has 5 N–H and O–H groups in total. The van der Waals surface area contributed by atoms with Crippen molar-refractivity contribution in [2.24, 2.45) is 5.73 Å². The molecule has 1 rings (SSSR count). The summed E-state index contributed by atoms with van der Waals surface area (Å²) in [7, 11) is 5.65. The molecule has 0 aliphatic rings. The second kappa shape index (κ2) is 10.4. The van der Waals surface area contributed by atoms with Crippen LogP contribution < -0.4 is 15.2 Å². The van der Waals surface area contributed by atoms with E-state index in [4.69, 9.17) is 27.6 Å². The van der Waals surface area contributed by atoms with Gasteiger partial charge >= 0.3 is 134 Å². The van der Waals surface area contributed by atoms with Crippen LogP contribution in [0, 0.1) is 0 Å². The number of unbranched alkanes of at least 4 members (excludes halogenated alkanes) is 4. The van der Waals surface area contributed by atoms with Crippen molar-refractivity contribution in [2.45, 2.75) is 32.1 Å². The Labute approximate surface area is 134 Å². The predicted molar refractivity (Wildman–Crippen MR) is 90.6 cm³/mol. The summed E-state index contributed by atoms with van der Waals surface area (Å²) in [5.41, 5.74) is 6.41. The Morgan fingerprint density at radius 1 is 1.27 bits per heavy atom. The van der Waals surface area contributed by atoms with Crippen LogP contribution in [0.4, 0.5) is 5.69 Å². The fourth-order valence-corrected chi connectivity index (χ4v) is 2.41. The molecule has 0 spiro atoms.